The van der Waals surface area contributed by atoms with Gasteiger partial charge in [0.05, 0.1) is 12.1 Å². The van der Waals surface area contributed by atoms with Crippen LogP contribution < -0.4 is 10.3 Å². The number of amides is 1. The summed E-state index contributed by atoms with van der Waals surface area (Å²) in [6, 6.07) is 25.1. The minimum absolute atomic E-state index is 0.0378. The number of anilines is 1. The summed E-state index contributed by atoms with van der Waals surface area (Å²) in [5, 5.41) is 4.23. The van der Waals surface area contributed by atoms with Gasteiger partial charge in [0.2, 0.25) is 5.91 Å². The zero-order chi connectivity index (χ0) is 22.0. The van der Waals surface area contributed by atoms with E-state index < -0.39 is 0 Å². The van der Waals surface area contributed by atoms with Gasteiger partial charge in [-0.2, -0.15) is 5.10 Å². The molecule has 0 radical (unpaired) electrons. The van der Waals surface area contributed by atoms with Gasteiger partial charge >= 0.3 is 0 Å². The number of nitrogens with zero attached hydrogens (tertiary/aromatic N) is 2. The molecule has 31 heavy (non-hydrogen) atoms. The standard InChI is InChI=1S/C27H29N3O/c1-19-7-5-9-22(15-19)27(23-10-6-8-20(2)16-23)17-25(27)26(31)29-28-18-21-11-13-24(14-12-21)30(3)4/h5-16,18,25H,17H2,1-4H3,(H,29,31)/b28-18+/t25-/m1/s1. The zero-order valence-electron chi connectivity index (χ0n) is 18.6. The van der Waals surface area contributed by atoms with Crippen LogP contribution in [0, 0.1) is 19.8 Å². The first-order chi connectivity index (χ1) is 14.9. The van der Waals surface area contributed by atoms with Crippen molar-refractivity contribution in [3.8, 4) is 0 Å². The Morgan fingerprint density at radius 1 is 0.968 bits per heavy atom. The van der Waals surface area contributed by atoms with Gasteiger partial charge in [-0.15, -0.1) is 0 Å². The summed E-state index contributed by atoms with van der Waals surface area (Å²) in [6.07, 6.45) is 2.49. The normalized spacial score (nSPS) is 16.8. The molecule has 1 saturated carbocycles. The number of aryl methyl sites for hydroxylation is 2. The first-order valence-electron chi connectivity index (χ1n) is 10.6. The molecular formula is C27H29N3O. The minimum Gasteiger partial charge on any atom is -0.378 e. The maximum Gasteiger partial charge on any atom is 0.244 e. The van der Waals surface area contributed by atoms with E-state index in [1.165, 1.54) is 22.3 Å². The lowest BCUT2D eigenvalue weighted by Gasteiger charge is -2.19. The van der Waals surface area contributed by atoms with E-state index >= 15 is 0 Å². The zero-order valence-corrected chi connectivity index (χ0v) is 18.6. The molecule has 3 aromatic carbocycles. The number of benzene rings is 3. The van der Waals surface area contributed by atoms with Crippen molar-refractivity contribution in [1.82, 2.24) is 5.43 Å². The molecule has 3 aromatic rings. The van der Waals surface area contributed by atoms with Crippen LogP contribution in [0.3, 0.4) is 0 Å². The fourth-order valence-corrected chi connectivity index (χ4v) is 4.34. The second-order valence-electron chi connectivity index (χ2n) is 8.69. The van der Waals surface area contributed by atoms with Gasteiger partial charge in [0, 0.05) is 25.2 Å². The summed E-state index contributed by atoms with van der Waals surface area (Å²) in [5.41, 5.74) is 9.36. The highest BCUT2D eigenvalue weighted by molar-refractivity contribution is 5.88. The van der Waals surface area contributed by atoms with Crippen molar-refractivity contribution in [2.24, 2.45) is 11.0 Å². The van der Waals surface area contributed by atoms with E-state index in [-0.39, 0.29) is 17.2 Å². The molecule has 1 fully saturated rings. The molecule has 1 aliphatic rings. The van der Waals surface area contributed by atoms with E-state index in [0.29, 0.717) is 0 Å². The van der Waals surface area contributed by atoms with E-state index in [0.717, 1.165) is 17.7 Å². The highest BCUT2D eigenvalue weighted by Gasteiger charge is 2.60. The third-order valence-corrected chi connectivity index (χ3v) is 6.14. The second kappa shape index (κ2) is 8.38. The molecule has 0 aromatic heterocycles. The summed E-state index contributed by atoms with van der Waals surface area (Å²) in [6.45, 7) is 4.19. The van der Waals surface area contributed by atoms with Crippen molar-refractivity contribution >= 4 is 17.8 Å². The van der Waals surface area contributed by atoms with Crippen LogP contribution >= 0.6 is 0 Å². The molecule has 4 rings (SSSR count). The summed E-state index contributed by atoms with van der Waals surface area (Å²) in [4.78, 5) is 15.1. The van der Waals surface area contributed by atoms with E-state index in [1.807, 2.05) is 43.3 Å². The van der Waals surface area contributed by atoms with Crippen molar-refractivity contribution in [2.75, 3.05) is 19.0 Å². The van der Waals surface area contributed by atoms with Crippen LogP contribution in [0.5, 0.6) is 0 Å². The summed E-state index contributed by atoms with van der Waals surface area (Å²) < 4.78 is 0. The van der Waals surface area contributed by atoms with Gasteiger partial charge in [-0.25, -0.2) is 5.43 Å². The maximum atomic E-state index is 13.0. The number of hydrazone groups is 1. The van der Waals surface area contributed by atoms with E-state index in [9.17, 15) is 4.79 Å². The number of hydrogen-bond acceptors (Lipinski definition) is 3. The predicted octanol–water partition coefficient (Wildman–Crippen LogP) is 4.83. The van der Waals surface area contributed by atoms with Gasteiger partial charge in [-0.1, -0.05) is 71.8 Å². The highest BCUT2D eigenvalue weighted by Crippen LogP contribution is 2.59. The molecule has 1 N–H and O–H groups in total. The van der Waals surface area contributed by atoms with Crippen LogP contribution in [-0.2, 0) is 10.2 Å². The van der Waals surface area contributed by atoms with E-state index in [2.05, 4.69) is 72.9 Å². The van der Waals surface area contributed by atoms with Gasteiger partial charge in [0.25, 0.3) is 0 Å². The van der Waals surface area contributed by atoms with Crippen molar-refractivity contribution < 1.29 is 4.79 Å². The highest BCUT2D eigenvalue weighted by atomic mass is 16.2. The molecule has 1 atom stereocenters. The third-order valence-electron chi connectivity index (χ3n) is 6.14. The Morgan fingerprint density at radius 2 is 1.55 bits per heavy atom. The maximum absolute atomic E-state index is 13.0. The van der Waals surface area contributed by atoms with Crippen LogP contribution in [0.4, 0.5) is 5.69 Å². The SMILES string of the molecule is Cc1cccc(C2(c3cccc(C)c3)C[C@@H]2C(=O)N/N=C/c2ccc(N(C)C)cc2)c1. The fourth-order valence-electron chi connectivity index (χ4n) is 4.34. The fraction of sp³-hybridized carbons (Fsp3) is 0.259. The quantitative estimate of drug-likeness (QED) is 0.467. The number of rotatable bonds is 6. The first kappa shape index (κ1) is 20.9. The summed E-state index contributed by atoms with van der Waals surface area (Å²) in [5.74, 6) is -0.173. The average Bonchev–Trinajstić information content (AvgIpc) is 3.51. The Bertz CT molecular complexity index is 1070. The van der Waals surface area contributed by atoms with Crippen molar-refractivity contribution in [2.45, 2.75) is 25.7 Å². The summed E-state index contributed by atoms with van der Waals surface area (Å²) >= 11 is 0. The second-order valence-corrected chi connectivity index (χ2v) is 8.69. The van der Waals surface area contributed by atoms with Crippen LogP contribution in [0.2, 0.25) is 0 Å². The molecule has 0 unspecified atom stereocenters. The van der Waals surface area contributed by atoms with E-state index in [4.69, 9.17) is 0 Å². The largest absolute Gasteiger partial charge is 0.378 e. The van der Waals surface area contributed by atoms with Gasteiger partial charge in [-0.05, 0) is 49.1 Å². The Hall–Kier alpha value is -3.40. The van der Waals surface area contributed by atoms with Crippen molar-refractivity contribution in [1.29, 1.82) is 0 Å². The van der Waals surface area contributed by atoms with Crippen LogP contribution in [0.15, 0.2) is 77.9 Å². The Labute approximate surface area is 184 Å². The Morgan fingerprint density at radius 3 is 2.06 bits per heavy atom. The lowest BCUT2D eigenvalue weighted by Crippen LogP contribution is -2.25. The Kier molecular flexibility index (Phi) is 5.64. The molecule has 0 heterocycles. The smallest absolute Gasteiger partial charge is 0.244 e. The van der Waals surface area contributed by atoms with Crippen LogP contribution in [-0.4, -0.2) is 26.2 Å². The number of nitrogens with one attached hydrogen (secondary N) is 1. The molecule has 4 nitrogen and oxygen atoms in total. The van der Waals surface area contributed by atoms with Crippen molar-refractivity contribution in [3.05, 3.63) is 101 Å². The van der Waals surface area contributed by atoms with Gasteiger partial charge in [0.15, 0.2) is 0 Å². The molecule has 0 aliphatic heterocycles. The monoisotopic (exact) mass is 411 g/mol. The van der Waals surface area contributed by atoms with Crippen molar-refractivity contribution in [3.63, 3.8) is 0 Å². The molecular weight excluding hydrogens is 382 g/mol. The predicted molar refractivity (Wildman–Crippen MR) is 128 cm³/mol. The number of carbonyl (C=O) groups is 1. The first-order valence-corrected chi connectivity index (χ1v) is 10.6. The molecule has 0 saturated heterocycles. The molecule has 0 bridgehead atoms. The topological polar surface area (TPSA) is 44.7 Å². The van der Waals surface area contributed by atoms with Crippen LogP contribution in [0.25, 0.3) is 0 Å². The van der Waals surface area contributed by atoms with Gasteiger partial charge in [0.1, 0.15) is 0 Å². The average molecular weight is 412 g/mol. The number of carbonyl (C=O) groups excluding carboxylic acids is 1. The molecule has 1 aliphatic carbocycles. The molecule has 0 spiro atoms. The van der Waals surface area contributed by atoms with Gasteiger partial charge in [-0.3, -0.25) is 4.79 Å². The summed E-state index contributed by atoms with van der Waals surface area (Å²) in [7, 11) is 4.02. The van der Waals surface area contributed by atoms with Gasteiger partial charge < -0.3 is 4.90 Å². The molecule has 158 valence electrons. The lowest BCUT2D eigenvalue weighted by atomic mass is 9.84. The molecule has 4 heteroatoms. The van der Waals surface area contributed by atoms with E-state index in [1.54, 1.807) is 6.21 Å². The Balaban J connectivity index is 1.53. The third kappa shape index (κ3) is 4.24. The van der Waals surface area contributed by atoms with Crippen LogP contribution in [0.1, 0.15) is 34.2 Å². The molecule has 1 amide bonds. The number of hydrogen-bond donors (Lipinski definition) is 1. The minimum atomic E-state index is -0.287. The lowest BCUT2D eigenvalue weighted by molar-refractivity contribution is -0.122.